The third kappa shape index (κ3) is 7.85. The summed E-state index contributed by atoms with van der Waals surface area (Å²) in [5.74, 6) is 0. The second-order valence-corrected chi connectivity index (χ2v) is 4.72. The number of allylic oxidation sites excluding steroid dienone is 8. The van der Waals surface area contributed by atoms with E-state index in [1.807, 2.05) is 24.3 Å². The molecule has 0 bridgehead atoms. The van der Waals surface area contributed by atoms with E-state index in [1.54, 1.807) is 0 Å². The van der Waals surface area contributed by atoms with Crippen LogP contribution in [0.3, 0.4) is 0 Å². The van der Waals surface area contributed by atoms with E-state index in [2.05, 4.69) is 59.2 Å². The van der Waals surface area contributed by atoms with E-state index < -0.39 is 0 Å². The molecular formula is C18H18Zr. The van der Waals surface area contributed by atoms with E-state index in [1.165, 1.54) is 35.4 Å². The summed E-state index contributed by atoms with van der Waals surface area (Å²) in [7, 11) is 0. The van der Waals surface area contributed by atoms with E-state index >= 15 is 0 Å². The smallest absolute Gasteiger partial charge is 0.109 e. The van der Waals surface area contributed by atoms with Gasteiger partial charge in [-0.1, -0.05) is 0 Å². The Hall–Kier alpha value is -1.07. The zero-order chi connectivity index (χ0) is 13.8. The predicted octanol–water partition coefficient (Wildman–Crippen LogP) is 4.30. The standard InChI is InChI=1S/C8H8.2C5H5.Zr/c1-7-5-3-4-6-8(7)2;2*1-2-4-5-3-1;/h1,3-6H,2H3;2*1-3H,4H2;/q;2*-1;+2. The minimum Gasteiger partial charge on any atom is -0.273 e. The maximum atomic E-state index is 2.99. The van der Waals surface area contributed by atoms with Crippen LogP contribution in [0.4, 0.5) is 0 Å². The molecule has 0 atom stereocenters. The average Bonchev–Trinajstić information content (AvgIpc) is 3.17. The van der Waals surface area contributed by atoms with Gasteiger partial charge in [0.05, 0.1) is 0 Å². The number of rotatable bonds is 1. The molecule has 19 heavy (non-hydrogen) atoms. The van der Waals surface area contributed by atoms with Crippen LogP contribution in [0.2, 0.25) is 0 Å². The second-order valence-electron chi connectivity index (χ2n) is 4.01. The van der Waals surface area contributed by atoms with Crippen molar-refractivity contribution < 1.29 is 24.2 Å². The van der Waals surface area contributed by atoms with Crippen molar-refractivity contribution >= 4 is 3.71 Å². The monoisotopic (exact) mass is 324 g/mol. The van der Waals surface area contributed by atoms with Crippen LogP contribution in [-0.2, 0) is 24.2 Å². The summed E-state index contributed by atoms with van der Waals surface area (Å²) in [6, 6.07) is 8.42. The maximum absolute atomic E-state index is 2.99. The molecule has 0 unspecified atom stereocenters. The molecule has 0 nitrogen and oxygen atoms in total. The Morgan fingerprint density at radius 3 is 1.84 bits per heavy atom. The van der Waals surface area contributed by atoms with Gasteiger partial charge in [-0.05, 0) is 0 Å². The van der Waals surface area contributed by atoms with Gasteiger partial charge in [0.15, 0.2) is 0 Å². The molecular weight excluding hydrogens is 307 g/mol. The molecule has 0 aromatic heterocycles. The largest absolute Gasteiger partial charge is 0.273 e. The molecule has 1 aromatic carbocycles. The van der Waals surface area contributed by atoms with Crippen LogP contribution in [0, 0.1) is 19.1 Å². The van der Waals surface area contributed by atoms with Crippen molar-refractivity contribution in [2.24, 2.45) is 0 Å². The van der Waals surface area contributed by atoms with E-state index in [0.717, 1.165) is 12.8 Å². The van der Waals surface area contributed by atoms with E-state index in [0.29, 0.717) is 0 Å². The summed E-state index contributed by atoms with van der Waals surface area (Å²) in [5, 5.41) is 0. The molecule has 0 saturated carbocycles. The Kier molecular flexibility index (Phi) is 9.10. The Balaban J connectivity index is 0.000000153. The van der Waals surface area contributed by atoms with Crippen molar-refractivity contribution in [1.29, 1.82) is 0 Å². The minimum atomic E-state index is 1.01. The van der Waals surface area contributed by atoms with Crippen LogP contribution in [0.25, 0.3) is 0 Å². The van der Waals surface area contributed by atoms with Crippen molar-refractivity contribution in [2.45, 2.75) is 19.8 Å². The molecule has 0 N–H and O–H groups in total. The zero-order valence-corrected chi connectivity index (χ0v) is 13.7. The average molecular weight is 326 g/mol. The van der Waals surface area contributed by atoms with Crippen molar-refractivity contribution in [1.82, 2.24) is 0 Å². The summed E-state index contributed by atoms with van der Waals surface area (Å²) in [6.45, 7) is 2.13. The molecule has 0 heterocycles. The zero-order valence-electron chi connectivity index (χ0n) is 11.3. The van der Waals surface area contributed by atoms with Gasteiger partial charge in [0, 0.05) is 0 Å². The molecule has 2 aliphatic rings. The van der Waals surface area contributed by atoms with Crippen LogP contribution < -0.4 is 0 Å². The van der Waals surface area contributed by atoms with Gasteiger partial charge < -0.3 is 0 Å². The fourth-order valence-corrected chi connectivity index (χ4v) is 2.23. The topological polar surface area (TPSA) is 0 Å². The van der Waals surface area contributed by atoms with Crippen molar-refractivity contribution in [2.75, 3.05) is 0 Å². The third-order valence-corrected chi connectivity index (χ3v) is 3.28. The Labute approximate surface area is 131 Å². The molecule has 1 heteroatoms. The first-order valence-corrected chi connectivity index (χ1v) is 7.76. The Morgan fingerprint density at radius 2 is 1.58 bits per heavy atom. The molecule has 0 aliphatic heterocycles. The first-order valence-electron chi connectivity index (χ1n) is 6.34. The Bertz CT molecular complexity index is 448. The van der Waals surface area contributed by atoms with Crippen LogP contribution in [0.1, 0.15) is 24.0 Å². The normalized spacial score (nSPS) is 13.6. The molecule has 0 saturated heterocycles. The Morgan fingerprint density at radius 1 is 1.00 bits per heavy atom. The van der Waals surface area contributed by atoms with Gasteiger partial charge in [0.25, 0.3) is 0 Å². The second kappa shape index (κ2) is 10.8. The van der Waals surface area contributed by atoms with Crippen molar-refractivity contribution in [3.63, 3.8) is 0 Å². The molecule has 1 aromatic rings. The molecule has 94 valence electrons. The van der Waals surface area contributed by atoms with Gasteiger partial charge in [-0.25, -0.2) is 24.3 Å². The summed E-state index contributed by atoms with van der Waals surface area (Å²) in [6.07, 6.45) is 20.0. The number of hydrogen-bond donors (Lipinski definition) is 0. The first-order chi connectivity index (χ1) is 9.34. The van der Waals surface area contributed by atoms with Gasteiger partial charge in [-0.15, -0.1) is 12.8 Å². The van der Waals surface area contributed by atoms with Crippen LogP contribution in [0.15, 0.2) is 60.7 Å². The molecule has 0 radical (unpaired) electrons. The van der Waals surface area contributed by atoms with Gasteiger partial charge in [-0.2, -0.15) is 12.2 Å². The summed E-state index contributed by atoms with van der Waals surface area (Å²) in [4.78, 5) is 0. The third-order valence-electron chi connectivity index (χ3n) is 2.52. The van der Waals surface area contributed by atoms with E-state index in [4.69, 9.17) is 0 Å². The van der Waals surface area contributed by atoms with E-state index in [9.17, 15) is 0 Å². The number of aryl methyl sites for hydroxylation is 1. The van der Waals surface area contributed by atoms with Gasteiger partial charge in [0.1, 0.15) is 0 Å². The fraction of sp³-hybridized carbons (Fsp3) is 0.167. The number of benzene rings is 1. The SMILES string of the molecule is Cc1ccccc1[CH]=[Zr+2].[C-]1=CC=CC1.[C-]1=CC=CC1. The summed E-state index contributed by atoms with van der Waals surface area (Å²) < 4.78 is 2.21. The molecule has 3 rings (SSSR count). The van der Waals surface area contributed by atoms with Crippen molar-refractivity contribution in [3.05, 3.63) is 84.0 Å². The van der Waals surface area contributed by atoms with Crippen LogP contribution in [-0.4, -0.2) is 3.71 Å². The van der Waals surface area contributed by atoms with Gasteiger partial charge in [-0.3, -0.25) is 12.2 Å². The first kappa shape index (κ1) is 16.0. The van der Waals surface area contributed by atoms with Crippen molar-refractivity contribution in [3.8, 4) is 0 Å². The fourth-order valence-electron chi connectivity index (χ4n) is 1.43. The quantitative estimate of drug-likeness (QED) is 0.675. The minimum absolute atomic E-state index is 1.01. The van der Waals surface area contributed by atoms with Crippen LogP contribution >= 0.6 is 0 Å². The van der Waals surface area contributed by atoms with Crippen LogP contribution in [0.5, 0.6) is 0 Å². The number of hydrogen-bond acceptors (Lipinski definition) is 0. The molecule has 0 fully saturated rings. The molecule has 0 spiro atoms. The molecule has 2 aliphatic carbocycles. The summed E-state index contributed by atoms with van der Waals surface area (Å²) in [5.41, 5.74) is 2.74. The molecule has 0 amide bonds. The van der Waals surface area contributed by atoms with Gasteiger partial charge >= 0.3 is 70.3 Å². The maximum Gasteiger partial charge on any atom is -0.109 e. The van der Waals surface area contributed by atoms with Gasteiger partial charge in [0.2, 0.25) is 0 Å². The van der Waals surface area contributed by atoms with E-state index in [-0.39, 0.29) is 0 Å². The summed E-state index contributed by atoms with van der Waals surface area (Å²) >= 11 is 1.47. The predicted molar refractivity (Wildman–Crippen MR) is 79.5 cm³/mol.